The lowest BCUT2D eigenvalue weighted by molar-refractivity contribution is 0.223. The number of rotatable bonds is 3. The maximum Gasteiger partial charge on any atom is 0.248 e. The van der Waals surface area contributed by atoms with Crippen LogP contribution in [-0.4, -0.2) is 21.6 Å². The van der Waals surface area contributed by atoms with Crippen LogP contribution in [0.3, 0.4) is 0 Å². The van der Waals surface area contributed by atoms with E-state index in [-0.39, 0.29) is 0 Å². The van der Waals surface area contributed by atoms with Gasteiger partial charge in [0.15, 0.2) is 0 Å². The highest BCUT2D eigenvalue weighted by Crippen LogP contribution is 2.28. The molecule has 0 bridgehead atoms. The van der Waals surface area contributed by atoms with Crippen molar-refractivity contribution in [1.29, 1.82) is 0 Å². The molecule has 1 aliphatic rings. The Morgan fingerprint density at radius 2 is 2.14 bits per heavy atom. The molecule has 4 nitrogen and oxygen atoms in total. The normalized spacial score (nSPS) is 15.0. The maximum absolute atomic E-state index is 5.83. The van der Waals surface area contributed by atoms with Gasteiger partial charge in [0.25, 0.3) is 0 Å². The van der Waals surface area contributed by atoms with Crippen LogP contribution in [0, 0.1) is 0 Å². The summed E-state index contributed by atoms with van der Waals surface area (Å²) in [6.07, 6.45) is 1.11. The van der Waals surface area contributed by atoms with Crippen molar-refractivity contribution in [2.45, 2.75) is 19.5 Å². The summed E-state index contributed by atoms with van der Waals surface area (Å²) in [5, 5.41) is 10.5. The molecule has 0 spiro atoms. The van der Waals surface area contributed by atoms with Gasteiger partial charge in [-0.15, -0.1) is 21.5 Å². The highest BCUT2D eigenvalue weighted by atomic mass is 79.9. The highest BCUT2D eigenvalue weighted by molar-refractivity contribution is 9.10. The molecule has 6 heteroatoms. The van der Waals surface area contributed by atoms with Gasteiger partial charge < -0.3 is 4.42 Å². The first-order valence-corrected chi connectivity index (χ1v) is 8.82. The lowest BCUT2D eigenvalue weighted by atomic mass is 10.1. The number of thiophene rings is 1. The van der Waals surface area contributed by atoms with Crippen LogP contribution in [0.15, 0.2) is 44.6 Å². The lowest BCUT2D eigenvalue weighted by Crippen LogP contribution is -2.29. The summed E-state index contributed by atoms with van der Waals surface area (Å²) >= 11 is 5.37. The summed E-state index contributed by atoms with van der Waals surface area (Å²) in [6.45, 7) is 2.71. The van der Waals surface area contributed by atoms with Crippen molar-refractivity contribution in [1.82, 2.24) is 15.1 Å². The van der Waals surface area contributed by atoms with Crippen LogP contribution in [0.25, 0.3) is 11.5 Å². The van der Waals surface area contributed by atoms with Gasteiger partial charge in [0.05, 0.1) is 12.1 Å². The second-order valence-electron chi connectivity index (χ2n) is 5.31. The standard InChI is InChI=1S/C16H14BrN3OS/c17-13-4-2-1-3-12(13)16-19-18-15(21-16)10-20-7-5-14-11(9-20)6-8-22-14/h1-4,6,8H,5,7,9-10H2. The summed E-state index contributed by atoms with van der Waals surface area (Å²) < 4.78 is 6.80. The first-order valence-electron chi connectivity index (χ1n) is 7.14. The topological polar surface area (TPSA) is 42.2 Å². The Bertz CT molecular complexity index is 798. The summed E-state index contributed by atoms with van der Waals surface area (Å²) in [5.74, 6) is 1.24. The van der Waals surface area contributed by atoms with Gasteiger partial charge in [0, 0.05) is 22.4 Å². The zero-order valence-corrected chi connectivity index (χ0v) is 14.2. The molecule has 0 fully saturated rings. The SMILES string of the molecule is Brc1ccccc1-c1nnc(CN2CCc3sccc3C2)o1. The van der Waals surface area contributed by atoms with Gasteiger partial charge in [-0.05, 0) is 51.5 Å². The molecule has 1 aromatic carbocycles. The molecule has 2 aromatic heterocycles. The van der Waals surface area contributed by atoms with E-state index in [0.717, 1.165) is 29.5 Å². The van der Waals surface area contributed by atoms with Crippen molar-refractivity contribution >= 4 is 27.3 Å². The predicted molar refractivity (Wildman–Crippen MR) is 89.6 cm³/mol. The summed E-state index contributed by atoms with van der Waals surface area (Å²) in [7, 11) is 0. The van der Waals surface area contributed by atoms with E-state index in [2.05, 4.69) is 42.5 Å². The summed E-state index contributed by atoms with van der Waals surface area (Å²) in [6, 6.07) is 10.1. The number of hydrogen-bond acceptors (Lipinski definition) is 5. The van der Waals surface area contributed by atoms with Crippen LogP contribution in [0.1, 0.15) is 16.3 Å². The van der Waals surface area contributed by atoms with Gasteiger partial charge >= 0.3 is 0 Å². The molecular weight excluding hydrogens is 362 g/mol. The zero-order valence-electron chi connectivity index (χ0n) is 11.8. The quantitative estimate of drug-likeness (QED) is 0.690. The molecule has 0 atom stereocenters. The van der Waals surface area contributed by atoms with Gasteiger partial charge in [0.2, 0.25) is 11.8 Å². The molecule has 0 unspecified atom stereocenters. The Kier molecular flexibility index (Phi) is 3.82. The molecule has 3 aromatic rings. The third-order valence-electron chi connectivity index (χ3n) is 3.82. The molecule has 0 radical (unpaired) electrons. The van der Waals surface area contributed by atoms with Crippen molar-refractivity contribution in [3.05, 3.63) is 56.5 Å². The van der Waals surface area contributed by atoms with Crippen LogP contribution < -0.4 is 0 Å². The van der Waals surface area contributed by atoms with E-state index in [1.807, 2.05) is 35.6 Å². The van der Waals surface area contributed by atoms with E-state index in [0.29, 0.717) is 18.3 Å². The Morgan fingerprint density at radius 3 is 3.05 bits per heavy atom. The third kappa shape index (κ3) is 2.74. The molecule has 0 saturated carbocycles. The van der Waals surface area contributed by atoms with Gasteiger partial charge in [-0.2, -0.15) is 0 Å². The zero-order chi connectivity index (χ0) is 14.9. The van der Waals surface area contributed by atoms with Gasteiger partial charge in [-0.1, -0.05) is 12.1 Å². The van der Waals surface area contributed by atoms with Crippen molar-refractivity contribution in [3.63, 3.8) is 0 Å². The lowest BCUT2D eigenvalue weighted by Gasteiger charge is -2.25. The Morgan fingerprint density at radius 1 is 1.23 bits per heavy atom. The van der Waals surface area contributed by atoms with E-state index < -0.39 is 0 Å². The smallest absolute Gasteiger partial charge is 0.248 e. The van der Waals surface area contributed by atoms with E-state index in [9.17, 15) is 0 Å². The minimum absolute atomic E-state index is 0.565. The number of halogens is 1. The number of benzene rings is 1. The molecule has 0 aliphatic carbocycles. The minimum atomic E-state index is 0.565. The Balaban J connectivity index is 1.50. The van der Waals surface area contributed by atoms with Crippen molar-refractivity contribution in [2.24, 2.45) is 0 Å². The van der Waals surface area contributed by atoms with Gasteiger partial charge in [-0.25, -0.2) is 0 Å². The molecule has 0 amide bonds. The molecule has 4 rings (SSSR count). The van der Waals surface area contributed by atoms with Gasteiger partial charge in [-0.3, -0.25) is 4.90 Å². The fraction of sp³-hybridized carbons (Fsp3) is 0.250. The van der Waals surface area contributed by atoms with Crippen molar-refractivity contribution < 1.29 is 4.42 Å². The minimum Gasteiger partial charge on any atom is -0.419 e. The second kappa shape index (κ2) is 5.95. The predicted octanol–water partition coefficient (Wildman–Crippen LogP) is 4.12. The van der Waals surface area contributed by atoms with Gasteiger partial charge in [0.1, 0.15) is 0 Å². The molecule has 0 N–H and O–H groups in total. The van der Waals surface area contributed by atoms with Crippen LogP contribution in [0.4, 0.5) is 0 Å². The number of hydrogen-bond donors (Lipinski definition) is 0. The average Bonchev–Trinajstić information content (AvgIpc) is 3.16. The van der Waals surface area contributed by atoms with E-state index in [1.165, 1.54) is 10.4 Å². The fourth-order valence-corrected chi connectivity index (χ4v) is 4.04. The maximum atomic E-state index is 5.83. The monoisotopic (exact) mass is 375 g/mol. The van der Waals surface area contributed by atoms with Crippen LogP contribution in [0.2, 0.25) is 0 Å². The largest absolute Gasteiger partial charge is 0.419 e. The number of nitrogens with zero attached hydrogens (tertiary/aromatic N) is 3. The molecular formula is C16H14BrN3OS. The third-order valence-corrected chi connectivity index (χ3v) is 5.53. The number of fused-ring (bicyclic) bond motifs is 1. The summed E-state index contributed by atoms with van der Waals surface area (Å²) in [4.78, 5) is 3.86. The fourth-order valence-electron chi connectivity index (χ4n) is 2.69. The molecule has 112 valence electrons. The second-order valence-corrected chi connectivity index (χ2v) is 7.17. The summed E-state index contributed by atoms with van der Waals surface area (Å²) in [5.41, 5.74) is 2.36. The van der Waals surface area contributed by atoms with Crippen LogP contribution in [-0.2, 0) is 19.5 Å². The van der Waals surface area contributed by atoms with E-state index in [1.54, 1.807) is 0 Å². The van der Waals surface area contributed by atoms with Crippen LogP contribution >= 0.6 is 27.3 Å². The number of aromatic nitrogens is 2. The van der Waals surface area contributed by atoms with Crippen molar-refractivity contribution in [2.75, 3.05) is 6.54 Å². The van der Waals surface area contributed by atoms with E-state index in [4.69, 9.17) is 4.42 Å². The first-order chi connectivity index (χ1) is 10.8. The average molecular weight is 376 g/mol. The Labute approximate surface area is 140 Å². The van der Waals surface area contributed by atoms with E-state index >= 15 is 0 Å². The van der Waals surface area contributed by atoms with Crippen LogP contribution in [0.5, 0.6) is 0 Å². The molecule has 1 aliphatic heterocycles. The molecule has 3 heterocycles. The Hall–Kier alpha value is -1.50. The first kappa shape index (κ1) is 14.1. The molecule has 0 saturated heterocycles. The molecule has 22 heavy (non-hydrogen) atoms. The highest BCUT2D eigenvalue weighted by Gasteiger charge is 2.20. The van der Waals surface area contributed by atoms with Crippen molar-refractivity contribution in [3.8, 4) is 11.5 Å².